The highest BCUT2D eigenvalue weighted by molar-refractivity contribution is 5.42. The summed E-state index contributed by atoms with van der Waals surface area (Å²) in [6.45, 7) is 0. The van der Waals surface area contributed by atoms with E-state index in [1.807, 2.05) is 0 Å². The molecule has 0 aliphatic heterocycles. The largest absolute Gasteiger partial charge is 0.574 e. The Bertz CT molecular complexity index is 439. The minimum Gasteiger partial charge on any atom is -0.390 e. The summed E-state index contributed by atoms with van der Waals surface area (Å²) in [5, 5.41) is 0. The van der Waals surface area contributed by atoms with E-state index in [1.165, 1.54) is 0 Å². The summed E-state index contributed by atoms with van der Waals surface area (Å²) in [6.07, 6.45) is -8.22. The lowest BCUT2D eigenvalue weighted by molar-refractivity contribution is -0.276. The first-order chi connectivity index (χ1) is 7.20. The molecule has 0 aromatic carbocycles. The highest BCUT2D eigenvalue weighted by atomic mass is 19.4. The van der Waals surface area contributed by atoms with Gasteiger partial charge in [-0.15, -0.1) is 13.2 Å². The number of ether oxygens (including phenoxy) is 1. The number of H-pyrrole nitrogens is 1. The molecule has 90 valence electrons. The number of nitrogens with two attached hydrogens (primary N) is 1. The third kappa shape index (κ3) is 2.84. The van der Waals surface area contributed by atoms with Crippen LogP contribution in [0.1, 0.15) is 12.0 Å². The van der Waals surface area contributed by atoms with Crippen molar-refractivity contribution in [2.45, 2.75) is 12.8 Å². The van der Waals surface area contributed by atoms with E-state index in [1.54, 1.807) is 4.98 Å². The molecule has 9 heteroatoms. The Morgan fingerprint density at radius 2 is 1.94 bits per heavy atom. The van der Waals surface area contributed by atoms with Gasteiger partial charge in [-0.1, -0.05) is 0 Å². The molecule has 1 heterocycles. The van der Waals surface area contributed by atoms with Crippen molar-refractivity contribution >= 4 is 5.82 Å². The first kappa shape index (κ1) is 12.3. The van der Waals surface area contributed by atoms with Crippen LogP contribution in [-0.2, 0) is 0 Å². The van der Waals surface area contributed by atoms with E-state index in [0.717, 1.165) is 0 Å². The number of anilines is 1. The standard InChI is InChI=1S/C7H5F5N2O2/c8-5(9)4-2(15)1-3(14-6(4)13)16-7(10,11)12/h1,5H,(H3,13,14,15). The number of hydrogen-bond acceptors (Lipinski definition) is 3. The number of aromatic amines is 1. The van der Waals surface area contributed by atoms with Crippen molar-refractivity contribution in [3.8, 4) is 5.88 Å². The number of nitrogens with one attached hydrogen (secondary N) is 1. The second-order valence-corrected chi connectivity index (χ2v) is 2.67. The summed E-state index contributed by atoms with van der Waals surface area (Å²) >= 11 is 0. The Kier molecular flexibility index (Phi) is 3.06. The monoisotopic (exact) mass is 244 g/mol. The van der Waals surface area contributed by atoms with Crippen LogP contribution < -0.4 is 15.9 Å². The molecule has 3 N–H and O–H groups in total. The number of aromatic nitrogens is 1. The number of pyridine rings is 1. The summed E-state index contributed by atoms with van der Waals surface area (Å²) < 4.78 is 62.9. The number of nitrogen functional groups attached to an aromatic ring is 1. The van der Waals surface area contributed by atoms with Gasteiger partial charge >= 0.3 is 6.36 Å². The fourth-order valence-electron chi connectivity index (χ4n) is 0.970. The van der Waals surface area contributed by atoms with Crippen LogP contribution in [0.2, 0.25) is 0 Å². The fraction of sp³-hybridized carbons (Fsp3) is 0.286. The maximum atomic E-state index is 12.2. The molecule has 16 heavy (non-hydrogen) atoms. The van der Waals surface area contributed by atoms with Crippen molar-refractivity contribution in [2.75, 3.05) is 5.73 Å². The van der Waals surface area contributed by atoms with Crippen LogP contribution in [0.4, 0.5) is 27.8 Å². The molecule has 0 atom stereocenters. The molecule has 1 rings (SSSR count). The molecule has 0 bridgehead atoms. The third-order valence-electron chi connectivity index (χ3n) is 1.52. The third-order valence-corrected chi connectivity index (χ3v) is 1.52. The highest BCUT2D eigenvalue weighted by Gasteiger charge is 2.32. The molecule has 0 spiro atoms. The Balaban J connectivity index is 3.16. The molecule has 0 fully saturated rings. The second-order valence-electron chi connectivity index (χ2n) is 2.67. The quantitative estimate of drug-likeness (QED) is 0.779. The van der Waals surface area contributed by atoms with Crippen LogP contribution >= 0.6 is 0 Å². The molecule has 1 aromatic heterocycles. The van der Waals surface area contributed by atoms with Crippen molar-refractivity contribution in [1.82, 2.24) is 4.98 Å². The zero-order valence-electron chi connectivity index (χ0n) is 7.44. The molecule has 0 radical (unpaired) electrons. The van der Waals surface area contributed by atoms with Crippen molar-refractivity contribution in [3.63, 3.8) is 0 Å². The number of rotatable bonds is 2. The van der Waals surface area contributed by atoms with Gasteiger partial charge in [-0.2, -0.15) is 0 Å². The molecular formula is C7H5F5N2O2. The molecule has 0 aliphatic rings. The summed E-state index contributed by atoms with van der Waals surface area (Å²) in [7, 11) is 0. The smallest absolute Gasteiger partial charge is 0.390 e. The SMILES string of the molecule is Nc1[nH]c(OC(F)(F)F)cc(=O)c1C(F)F. The normalized spacial score (nSPS) is 11.9. The number of alkyl halides is 5. The van der Waals surface area contributed by atoms with E-state index in [4.69, 9.17) is 5.73 Å². The van der Waals surface area contributed by atoms with Gasteiger partial charge in [0.2, 0.25) is 5.88 Å². The summed E-state index contributed by atoms with van der Waals surface area (Å²) in [5.41, 5.74) is 2.54. The van der Waals surface area contributed by atoms with Crippen LogP contribution in [0.5, 0.6) is 5.88 Å². The molecule has 0 saturated carbocycles. The molecule has 0 aliphatic carbocycles. The Morgan fingerprint density at radius 1 is 1.38 bits per heavy atom. The van der Waals surface area contributed by atoms with Gasteiger partial charge in [0.25, 0.3) is 6.43 Å². The van der Waals surface area contributed by atoms with Crippen molar-refractivity contribution in [2.24, 2.45) is 0 Å². The molecule has 4 nitrogen and oxygen atoms in total. The van der Waals surface area contributed by atoms with Gasteiger partial charge in [-0.3, -0.25) is 4.79 Å². The van der Waals surface area contributed by atoms with Gasteiger partial charge < -0.3 is 15.5 Å². The zero-order valence-corrected chi connectivity index (χ0v) is 7.44. The van der Waals surface area contributed by atoms with Crippen LogP contribution in [0.25, 0.3) is 0 Å². The topological polar surface area (TPSA) is 68.1 Å². The van der Waals surface area contributed by atoms with Crippen LogP contribution in [0, 0.1) is 0 Å². The van der Waals surface area contributed by atoms with Crippen molar-refractivity contribution in [3.05, 3.63) is 21.9 Å². The van der Waals surface area contributed by atoms with E-state index >= 15 is 0 Å². The maximum Gasteiger partial charge on any atom is 0.574 e. The Morgan fingerprint density at radius 3 is 2.31 bits per heavy atom. The predicted octanol–water partition coefficient (Wildman–Crippen LogP) is 1.79. The van der Waals surface area contributed by atoms with Crippen LogP contribution in [0.3, 0.4) is 0 Å². The van der Waals surface area contributed by atoms with Gasteiger partial charge in [0, 0.05) is 6.07 Å². The van der Waals surface area contributed by atoms with Gasteiger partial charge in [-0.05, 0) is 0 Å². The first-order valence-electron chi connectivity index (χ1n) is 3.77. The summed E-state index contributed by atoms with van der Waals surface area (Å²) in [5.74, 6) is -1.90. The Hall–Kier alpha value is -1.80. The number of halogens is 5. The fourth-order valence-corrected chi connectivity index (χ4v) is 0.970. The Labute approximate surface area is 84.8 Å². The van der Waals surface area contributed by atoms with Gasteiger partial charge in [0.15, 0.2) is 5.43 Å². The predicted molar refractivity (Wildman–Crippen MR) is 43.1 cm³/mol. The molecule has 0 saturated heterocycles. The highest BCUT2D eigenvalue weighted by Crippen LogP contribution is 2.24. The average Bonchev–Trinajstić information content (AvgIpc) is 1.96. The summed E-state index contributed by atoms with van der Waals surface area (Å²) in [4.78, 5) is 12.7. The van der Waals surface area contributed by atoms with Crippen LogP contribution in [-0.4, -0.2) is 11.3 Å². The maximum absolute atomic E-state index is 12.2. The number of hydrogen-bond donors (Lipinski definition) is 2. The van der Waals surface area contributed by atoms with Crippen molar-refractivity contribution < 1.29 is 26.7 Å². The van der Waals surface area contributed by atoms with E-state index in [-0.39, 0.29) is 6.07 Å². The average molecular weight is 244 g/mol. The zero-order chi connectivity index (χ0) is 12.5. The molecule has 1 aromatic rings. The summed E-state index contributed by atoms with van der Waals surface area (Å²) in [6, 6.07) is 0.255. The van der Waals surface area contributed by atoms with Gasteiger partial charge in [0.05, 0.1) is 0 Å². The van der Waals surface area contributed by atoms with E-state index in [9.17, 15) is 26.7 Å². The van der Waals surface area contributed by atoms with E-state index < -0.39 is 35.5 Å². The lowest BCUT2D eigenvalue weighted by atomic mass is 10.2. The van der Waals surface area contributed by atoms with E-state index in [2.05, 4.69) is 4.74 Å². The van der Waals surface area contributed by atoms with Crippen LogP contribution in [0.15, 0.2) is 10.9 Å². The lowest BCUT2D eigenvalue weighted by Crippen LogP contribution is -2.21. The minimum atomic E-state index is -5.04. The second kappa shape index (κ2) is 3.99. The van der Waals surface area contributed by atoms with Crippen molar-refractivity contribution in [1.29, 1.82) is 0 Å². The lowest BCUT2D eigenvalue weighted by Gasteiger charge is -2.10. The molecular weight excluding hydrogens is 239 g/mol. The van der Waals surface area contributed by atoms with E-state index in [0.29, 0.717) is 0 Å². The first-order valence-corrected chi connectivity index (χ1v) is 3.77. The minimum absolute atomic E-state index is 0.255. The molecule has 0 unspecified atom stereocenters. The van der Waals surface area contributed by atoms with Gasteiger partial charge in [-0.25, -0.2) is 8.78 Å². The van der Waals surface area contributed by atoms with Gasteiger partial charge in [0.1, 0.15) is 11.4 Å². The molecule has 0 amide bonds.